The molecule has 2 saturated heterocycles. The van der Waals surface area contributed by atoms with Crippen LogP contribution in [0.4, 0.5) is 11.6 Å². The Morgan fingerprint density at radius 1 is 1.09 bits per heavy atom. The van der Waals surface area contributed by atoms with E-state index in [2.05, 4.69) is 38.7 Å². The van der Waals surface area contributed by atoms with Crippen molar-refractivity contribution in [3.8, 4) is 11.4 Å². The van der Waals surface area contributed by atoms with Crippen LogP contribution < -0.4 is 5.32 Å². The third kappa shape index (κ3) is 3.98. The van der Waals surface area contributed by atoms with E-state index >= 15 is 0 Å². The lowest BCUT2D eigenvalue weighted by molar-refractivity contribution is -0.0303. The minimum atomic E-state index is 0.0623. The fourth-order valence-corrected chi connectivity index (χ4v) is 4.64. The standard InChI is InChI=1S/C24H28N6O2/c1-15(2)30-16(3)26-12-22(30)21-10-11-25-24(28-21)27-18-6-4-17(5-7-18)23(31)29-13-19-8-9-20(14-29)32-19/h4-7,10-12,15,19-20H,8-9,13-14H2,1-3H3,(H,25,27,28). The number of imidazole rings is 1. The first-order chi connectivity index (χ1) is 15.5. The Morgan fingerprint density at radius 2 is 1.81 bits per heavy atom. The van der Waals surface area contributed by atoms with Crippen molar-refractivity contribution in [3.05, 3.63) is 54.1 Å². The number of carbonyl (C=O) groups excluding carboxylic acids is 1. The molecule has 2 bridgehead atoms. The number of rotatable bonds is 5. The molecule has 1 aromatic carbocycles. The van der Waals surface area contributed by atoms with Crippen LogP contribution in [0.1, 0.15) is 48.9 Å². The van der Waals surface area contributed by atoms with Gasteiger partial charge in [0.25, 0.3) is 5.91 Å². The van der Waals surface area contributed by atoms with Crippen molar-refractivity contribution < 1.29 is 9.53 Å². The molecular formula is C24H28N6O2. The highest BCUT2D eigenvalue weighted by Gasteiger charge is 2.35. The summed E-state index contributed by atoms with van der Waals surface area (Å²) in [4.78, 5) is 28.3. The lowest BCUT2D eigenvalue weighted by atomic mass is 10.1. The first-order valence-corrected chi connectivity index (χ1v) is 11.2. The van der Waals surface area contributed by atoms with Crippen LogP contribution in [0.2, 0.25) is 0 Å². The number of carbonyl (C=O) groups is 1. The molecule has 5 rings (SSSR count). The molecule has 2 fully saturated rings. The predicted molar refractivity (Wildman–Crippen MR) is 122 cm³/mol. The predicted octanol–water partition coefficient (Wildman–Crippen LogP) is 3.98. The van der Waals surface area contributed by atoms with E-state index in [-0.39, 0.29) is 24.2 Å². The normalized spacial score (nSPS) is 20.1. The van der Waals surface area contributed by atoms with Crippen LogP contribution in [-0.4, -0.2) is 55.6 Å². The van der Waals surface area contributed by atoms with E-state index in [9.17, 15) is 4.79 Å². The molecule has 166 valence electrons. The number of likely N-dealkylation sites (tertiary alicyclic amines) is 1. The molecule has 2 aromatic heterocycles. The summed E-state index contributed by atoms with van der Waals surface area (Å²) in [6.07, 6.45) is 6.07. The Bertz CT molecular complexity index is 1110. The van der Waals surface area contributed by atoms with Crippen LogP contribution in [0.3, 0.4) is 0 Å². The maximum Gasteiger partial charge on any atom is 0.254 e. The van der Waals surface area contributed by atoms with E-state index < -0.39 is 0 Å². The molecule has 4 heterocycles. The first kappa shape index (κ1) is 20.6. The van der Waals surface area contributed by atoms with E-state index in [0.29, 0.717) is 24.6 Å². The molecule has 3 aromatic rings. The zero-order valence-electron chi connectivity index (χ0n) is 18.7. The monoisotopic (exact) mass is 432 g/mol. The van der Waals surface area contributed by atoms with Gasteiger partial charge in [0.05, 0.1) is 29.8 Å². The first-order valence-electron chi connectivity index (χ1n) is 11.2. The second-order valence-corrected chi connectivity index (χ2v) is 8.79. The van der Waals surface area contributed by atoms with Crippen LogP contribution in [0.5, 0.6) is 0 Å². The summed E-state index contributed by atoms with van der Waals surface area (Å²) in [5.74, 6) is 1.52. The summed E-state index contributed by atoms with van der Waals surface area (Å²) in [6, 6.07) is 9.65. The lowest BCUT2D eigenvalue weighted by Crippen LogP contribution is -2.45. The largest absolute Gasteiger partial charge is 0.371 e. The highest BCUT2D eigenvalue weighted by Crippen LogP contribution is 2.28. The third-order valence-corrected chi connectivity index (χ3v) is 6.14. The van der Waals surface area contributed by atoms with E-state index in [1.54, 1.807) is 6.20 Å². The van der Waals surface area contributed by atoms with Crippen molar-refractivity contribution in [2.45, 2.75) is 51.9 Å². The van der Waals surface area contributed by atoms with Gasteiger partial charge < -0.3 is 19.5 Å². The Balaban J connectivity index is 1.30. The third-order valence-electron chi connectivity index (χ3n) is 6.14. The van der Waals surface area contributed by atoms with E-state index in [1.807, 2.05) is 48.4 Å². The highest BCUT2D eigenvalue weighted by molar-refractivity contribution is 5.94. The van der Waals surface area contributed by atoms with Gasteiger partial charge in [-0.1, -0.05) is 0 Å². The molecule has 8 heteroatoms. The second-order valence-electron chi connectivity index (χ2n) is 8.79. The molecule has 2 aliphatic heterocycles. The number of aromatic nitrogens is 4. The Kier molecular flexibility index (Phi) is 5.38. The van der Waals surface area contributed by atoms with Crippen LogP contribution in [0.15, 0.2) is 42.7 Å². The average Bonchev–Trinajstić information content (AvgIpc) is 3.35. The van der Waals surface area contributed by atoms with Crippen molar-refractivity contribution in [1.82, 2.24) is 24.4 Å². The van der Waals surface area contributed by atoms with Gasteiger partial charge in [0.2, 0.25) is 5.95 Å². The number of hydrogen-bond donors (Lipinski definition) is 1. The summed E-state index contributed by atoms with van der Waals surface area (Å²) in [7, 11) is 0. The van der Waals surface area contributed by atoms with Crippen LogP contribution in [0, 0.1) is 6.92 Å². The Morgan fingerprint density at radius 3 is 2.50 bits per heavy atom. The smallest absolute Gasteiger partial charge is 0.254 e. The van der Waals surface area contributed by atoms with Gasteiger partial charge in [0.15, 0.2) is 0 Å². The number of nitrogens with zero attached hydrogens (tertiary/aromatic N) is 5. The molecule has 2 aliphatic rings. The molecule has 1 N–H and O–H groups in total. The zero-order valence-corrected chi connectivity index (χ0v) is 18.7. The summed E-state index contributed by atoms with van der Waals surface area (Å²) in [6.45, 7) is 7.62. The van der Waals surface area contributed by atoms with Crippen molar-refractivity contribution >= 4 is 17.5 Å². The summed E-state index contributed by atoms with van der Waals surface area (Å²) in [5.41, 5.74) is 3.28. The minimum Gasteiger partial charge on any atom is -0.371 e. The van der Waals surface area contributed by atoms with Gasteiger partial charge in [-0.2, -0.15) is 0 Å². The van der Waals surface area contributed by atoms with Crippen LogP contribution >= 0.6 is 0 Å². The number of morpholine rings is 1. The molecule has 32 heavy (non-hydrogen) atoms. The Labute approximate surface area is 187 Å². The van der Waals surface area contributed by atoms with Crippen molar-refractivity contribution in [3.63, 3.8) is 0 Å². The van der Waals surface area contributed by atoms with Crippen LogP contribution in [0.25, 0.3) is 11.4 Å². The number of benzene rings is 1. The molecule has 1 amide bonds. The number of aryl methyl sites for hydroxylation is 1. The van der Waals surface area contributed by atoms with E-state index in [0.717, 1.165) is 35.7 Å². The number of ether oxygens (including phenoxy) is 1. The maximum absolute atomic E-state index is 12.9. The van der Waals surface area contributed by atoms with Gasteiger partial charge >= 0.3 is 0 Å². The molecule has 2 unspecified atom stereocenters. The van der Waals surface area contributed by atoms with Crippen molar-refractivity contribution in [2.24, 2.45) is 0 Å². The van der Waals surface area contributed by atoms with Gasteiger partial charge in [0.1, 0.15) is 5.82 Å². The van der Waals surface area contributed by atoms with Gasteiger partial charge in [0, 0.05) is 36.6 Å². The fraction of sp³-hybridized carbons (Fsp3) is 0.417. The molecule has 0 radical (unpaired) electrons. The molecule has 2 atom stereocenters. The lowest BCUT2D eigenvalue weighted by Gasteiger charge is -2.32. The zero-order chi connectivity index (χ0) is 22.2. The van der Waals surface area contributed by atoms with Gasteiger partial charge in [-0.25, -0.2) is 15.0 Å². The minimum absolute atomic E-state index is 0.0623. The van der Waals surface area contributed by atoms with Crippen LogP contribution in [-0.2, 0) is 4.74 Å². The number of amides is 1. The van der Waals surface area contributed by atoms with E-state index in [4.69, 9.17) is 4.74 Å². The number of nitrogens with one attached hydrogen (secondary N) is 1. The number of anilines is 2. The summed E-state index contributed by atoms with van der Waals surface area (Å²) < 4.78 is 8.00. The SMILES string of the molecule is Cc1ncc(-c2ccnc(Nc3ccc(C(=O)N4CC5CCC(C4)O5)cc3)n2)n1C(C)C. The molecule has 0 saturated carbocycles. The number of hydrogen-bond acceptors (Lipinski definition) is 6. The average molecular weight is 433 g/mol. The molecule has 0 aliphatic carbocycles. The summed E-state index contributed by atoms with van der Waals surface area (Å²) >= 11 is 0. The summed E-state index contributed by atoms with van der Waals surface area (Å²) in [5, 5.41) is 3.24. The van der Waals surface area contributed by atoms with Gasteiger partial charge in [-0.3, -0.25) is 4.79 Å². The fourth-order valence-electron chi connectivity index (χ4n) is 4.64. The topological polar surface area (TPSA) is 85.2 Å². The number of fused-ring (bicyclic) bond motifs is 2. The highest BCUT2D eigenvalue weighted by atomic mass is 16.5. The second kappa shape index (κ2) is 8.35. The maximum atomic E-state index is 12.9. The molecule has 8 nitrogen and oxygen atoms in total. The van der Waals surface area contributed by atoms with E-state index in [1.165, 1.54) is 0 Å². The van der Waals surface area contributed by atoms with Gasteiger partial charge in [-0.15, -0.1) is 0 Å². The van der Waals surface area contributed by atoms with Crippen molar-refractivity contribution in [2.75, 3.05) is 18.4 Å². The molecule has 0 spiro atoms. The van der Waals surface area contributed by atoms with Crippen molar-refractivity contribution in [1.29, 1.82) is 0 Å². The Hall–Kier alpha value is -3.26. The molecular weight excluding hydrogens is 404 g/mol. The quantitative estimate of drug-likeness (QED) is 0.657. The van der Waals surface area contributed by atoms with Gasteiger partial charge in [-0.05, 0) is 63.9 Å².